The summed E-state index contributed by atoms with van der Waals surface area (Å²) in [7, 11) is 0. The van der Waals surface area contributed by atoms with Crippen LogP contribution in [-0.4, -0.2) is 13.1 Å². The molecule has 1 aliphatic carbocycles. The van der Waals surface area contributed by atoms with E-state index in [1.54, 1.807) is 0 Å². The summed E-state index contributed by atoms with van der Waals surface area (Å²) in [6.07, 6.45) is -3.60. The Kier molecular flexibility index (Phi) is 2.09. The number of nitrogens with one attached hydrogen (secondary N) is 1. The van der Waals surface area contributed by atoms with Crippen molar-refractivity contribution in [1.29, 1.82) is 0 Å². The van der Waals surface area contributed by atoms with Crippen LogP contribution >= 0.6 is 0 Å². The van der Waals surface area contributed by atoms with E-state index in [0.717, 1.165) is 19.0 Å². The molecule has 1 aliphatic heterocycles. The minimum absolute atomic E-state index is 0.242. The molecule has 0 spiro atoms. The standard InChI is InChI=1S/C12H11F4N/c13-10-3-7(12(14,15)16)1-2-9(10)11-4-8(11)5-17-6-11/h1-3,8,17H,4-6H2. The Morgan fingerprint density at radius 2 is 2.06 bits per heavy atom. The first-order valence-corrected chi connectivity index (χ1v) is 5.51. The van der Waals surface area contributed by atoms with E-state index in [1.807, 2.05) is 0 Å². The first-order chi connectivity index (χ1) is 7.93. The fourth-order valence-electron chi connectivity index (χ4n) is 2.85. The van der Waals surface area contributed by atoms with Crippen molar-refractivity contribution < 1.29 is 17.6 Å². The van der Waals surface area contributed by atoms with Gasteiger partial charge in [0.25, 0.3) is 0 Å². The van der Waals surface area contributed by atoms with Crippen molar-refractivity contribution in [3.8, 4) is 0 Å². The molecule has 2 unspecified atom stereocenters. The third kappa shape index (κ3) is 1.56. The summed E-state index contributed by atoms with van der Waals surface area (Å²) in [4.78, 5) is 0. The molecule has 1 saturated heterocycles. The largest absolute Gasteiger partial charge is 0.416 e. The van der Waals surface area contributed by atoms with E-state index >= 15 is 0 Å². The SMILES string of the molecule is Fc1cc(C(F)(F)F)ccc1C12CNCC1C2. The van der Waals surface area contributed by atoms with E-state index in [-0.39, 0.29) is 5.41 Å². The summed E-state index contributed by atoms with van der Waals surface area (Å²) in [6, 6.07) is 2.88. The lowest BCUT2D eigenvalue weighted by Crippen LogP contribution is -2.20. The van der Waals surface area contributed by atoms with E-state index in [4.69, 9.17) is 0 Å². The maximum absolute atomic E-state index is 13.8. The maximum atomic E-state index is 13.8. The van der Waals surface area contributed by atoms with E-state index < -0.39 is 17.6 Å². The quantitative estimate of drug-likeness (QED) is 0.750. The average Bonchev–Trinajstić information content (AvgIpc) is 2.80. The number of hydrogen-bond donors (Lipinski definition) is 1. The van der Waals surface area contributed by atoms with Crippen LogP contribution in [0.3, 0.4) is 0 Å². The summed E-state index contributed by atoms with van der Waals surface area (Å²) in [5.74, 6) is -0.347. The fourth-order valence-corrected chi connectivity index (χ4v) is 2.85. The Hall–Kier alpha value is -1.10. The zero-order chi connectivity index (χ0) is 12.3. The van der Waals surface area contributed by atoms with Crippen LogP contribution in [0.15, 0.2) is 18.2 Å². The van der Waals surface area contributed by atoms with Crippen molar-refractivity contribution in [2.24, 2.45) is 5.92 Å². The predicted octanol–water partition coefficient (Wildman–Crippen LogP) is 2.71. The molecule has 1 N–H and O–H groups in total. The number of fused-ring (bicyclic) bond motifs is 1. The van der Waals surface area contributed by atoms with Gasteiger partial charge in [0.2, 0.25) is 0 Å². The van der Waals surface area contributed by atoms with Gasteiger partial charge in [-0.1, -0.05) is 6.07 Å². The third-order valence-electron chi connectivity index (χ3n) is 3.90. The average molecular weight is 245 g/mol. The molecule has 5 heteroatoms. The molecular formula is C12H11F4N. The first kappa shape index (κ1) is 11.0. The molecular weight excluding hydrogens is 234 g/mol. The number of piperidine rings is 1. The molecule has 0 amide bonds. The third-order valence-corrected chi connectivity index (χ3v) is 3.90. The summed E-state index contributed by atoms with van der Waals surface area (Å²) in [5, 5.41) is 3.14. The van der Waals surface area contributed by atoms with Gasteiger partial charge in [0.15, 0.2) is 0 Å². The van der Waals surface area contributed by atoms with Crippen LogP contribution in [0, 0.1) is 11.7 Å². The molecule has 92 valence electrons. The second-order valence-corrected chi connectivity index (χ2v) is 4.88. The lowest BCUT2D eigenvalue weighted by atomic mass is 9.93. The van der Waals surface area contributed by atoms with Crippen LogP contribution in [0.5, 0.6) is 0 Å². The van der Waals surface area contributed by atoms with Crippen molar-refractivity contribution in [2.45, 2.75) is 18.0 Å². The van der Waals surface area contributed by atoms with Crippen molar-refractivity contribution >= 4 is 0 Å². The highest BCUT2D eigenvalue weighted by Gasteiger charge is 2.59. The second kappa shape index (κ2) is 3.22. The summed E-state index contributed by atoms with van der Waals surface area (Å²) >= 11 is 0. The molecule has 2 fully saturated rings. The summed E-state index contributed by atoms with van der Waals surface area (Å²) in [5.41, 5.74) is -0.729. The van der Waals surface area contributed by atoms with Crippen LogP contribution in [0.25, 0.3) is 0 Å². The van der Waals surface area contributed by atoms with Crippen LogP contribution < -0.4 is 5.32 Å². The molecule has 2 atom stereocenters. The number of halogens is 4. The Labute approximate surface area is 95.8 Å². The summed E-state index contributed by atoms with van der Waals surface area (Å²) < 4.78 is 51.0. The van der Waals surface area contributed by atoms with Crippen LogP contribution in [0.1, 0.15) is 17.5 Å². The van der Waals surface area contributed by atoms with Crippen LogP contribution in [0.2, 0.25) is 0 Å². The smallest absolute Gasteiger partial charge is 0.316 e. The van der Waals surface area contributed by atoms with E-state index in [9.17, 15) is 17.6 Å². The molecule has 2 aliphatic rings. The Balaban J connectivity index is 1.98. The van der Waals surface area contributed by atoms with Gasteiger partial charge in [-0.05, 0) is 36.6 Å². The highest BCUT2D eigenvalue weighted by Crippen LogP contribution is 2.57. The topological polar surface area (TPSA) is 12.0 Å². The van der Waals surface area contributed by atoms with Crippen molar-refractivity contribution in [3.05, 3.63) is 35.1 Å². The molecule has 1 aromatic carbocycles. The normalized spacial score (nSPS) is 31.4. The van der Waals surface area contributed by atoms with Crippen molar-refractivity contribution in [3.63, 3.8) is 0 Å². The lowest BCUT2D eigenvalue weighted by Gasteiger charge is -2.15. The number of alkyl halides is 3. The lowest BCUT2D eigenvalue weighted by molar-refractivity contribution is -0.137. The van der Waals surface area contributed by atoms with Crippen LogP contribution in [-0.2, 0) is 11.6 Å². The van der Waals surface area contributed by atoms with E-state index in [2.05, 4.69) is 5.32 Å². The van der Waals surface area contributed by atoms with Gasteiger partial charge in [-0.3, -0.25) is 0 Å². The predicted molar refractivity (Wildman–Crippen MR) is 54.1 cm³/mol. The van der Waals surface area contributed by atoms with Crippen molar-refractivity contribution in [1.82, 2.24) is 5.32 Å². The Morgan fingerprint density at radius 3 is 2.53 bits per heavy atom. The fraction of sp³-hybridized carbons (Fsp3) is 0.500. The molecule has 1 aromatic rings. The van der Waals surface area contributed by atoms with Gasteiger partial charge in [0.05, 0.1) is 5.56 Å². The van der Waals surface area contributed by atoms with Gasteiger partial charge in [-0.15, -0.1) is 0 Å². The minimum Gasteiger partial charge on any atom is -0.316 e. The highest BCUT2D eigenvalue weighted by atomic mass is 19.4. The van der Waals surface area contributed by atoms with Gasteiger partial charge < -0.3 is 5.32 Å². The maximum Gasteiger partial charge on any atom is 0.416 e. The monoisotopic (exact) mass is 245 g/mol. The first-order valence-electron chi connectivity index (χ1n) is 5.51. The second-order valence-electron chi connectivity index (χ2n) is 4.88. The summed E-state index contributed by atoms with van der Waals surface area (Å²) in [6.45, 7) is 1.50. The molecule has 0 bridgehead atoms. The van der Waals surface area contributed by atoms with Gasteiger partial charge in [0.1, 0.15) is 5.82 Å². The zero-order valence-corrected chi connectivity index (χ0v) is 8.94. The molecule has 1 nitrogen and oxygen atoms in total. The zero-order valence-electron chi connectivity index (χ0n) is 8.94. The van der Waals surface area contributed by atoms with Gasteiger partial charge in [-0.25, -0.2) is 4.39 Å². The molecule has 0 radical (unpaired) electrons. The number of benzene rings is 1. The number of hydrogen-bond acceptors (Lipinski definition) is 1. The van der Waals surface area contributed by atoms with E-state index in [1.165, 1.54) is 6.07 Å². The minimum atomic E-state index is -4.48. The van der Waals surface area contributed by atoms with Gasteiger partial charge in [-0.2, -0.15) is 13.2 Å². The number of rotatable bonds is 1. The highest BCUT2D eigenvalue weighted by molar-refractivity contribution is 5.40. The molecule has 1 heterocycles. The van der Waals surface area contributed by atoms with Crippen LogP contribution in [0.4, 0.5) is 17.6 Å². The Bertz CT molecular complexity index is 468. The molecule has 3 rings (SSSR count). The molecule has 0 aromatic heterocycles. The van der Waals surface area contributed by atoms with E-state index in [0.29, 0.717) is 24.1 Å². The van der Waals surface area contributed by atoms with Gasteiger partial charge >= 0.3 is 6.18 Å². The Morgan fingerprint density at radius 1 is 1.29 bits per heavy atom. The molecule has 1 saturated carbocycles. The van der Waals surface area contributed by atoms with Crippen molar-refractivity contribution in [2.75, 3.05) is 13.1 Å². The van der Waals surface area contributed by atoms with Gasteiger partial charge in [0, 0.05) is 12.0 Å². The molecule has 17 heavy (non-hydrogen) atoms.